The van der Waals surface area contributed by atoms with Crippen molar-refractivity contribution in [1.29, 1.82) is 5.26 Å². The summed E-state index contributed by atoms with van der Waals surface area (Å²) in [5.74, 6) is -1.80. The highest BCUT2D eigenvalue weighted by Crippen LogP contribution is 2.38. The Labute approximate surface area is 187 Å². The molecule has 0 aliphatic heterocycles. The van der Waals surface area contributed by atoms with Gasteiger partial charge in [-0.2, -0.15) is 18.4 Å². The number of hydrogen-bond donors (Lipinski definition) is 0. The second kappa shape index (κ2) is 8.60. The molecule has 166 valence electrons. The van der Waals surface area contributed by atoms with Crippen LogP contribution < -0.4 is 5.56 Å². The third-order valence-electron chi connectivity index (χ3n) is 4.88. The smallest absolute Gasteiger partial charge is 0.302 e. The molecule has 0 saturated carbocycles. The maximum atomic E-state index is 14.3. The summed E-state index contributed by atoms with van der Waals surface area (Å²) in [6.45, 7) is -0.490. The molecule has 0 radical (unpaired) electrons. The molecule has 4 aromatic rings. The normalized spacial score (nSPS) is 11.4. The highest BCUT2D eigenvalue weighted by atomic mass is 32.1. The lowest BCUT2D eigenvalue weighted by molar-refractivity contribution is -0.137. The topological polar surface area (TPSA) is 58.7 Å². The zero-order valence-corrected chi connectivity index (χ0v) is 17.3. The first kappa shape index (κ1) is 22.4. The van der Waals surface area contributed by atoms with Gasteiger partial charge in [-0.3, -0.25) is 9.78 Å². The lowest BCUT2D eigenvalue weighted by Crippen LogP contribution is -2.28. The third-order valence-corrected chi connectivity index (χ3v) is 6.04. The molecule has 4 rings (SSSR count). The Bertz CT molecular complexity index is 1440. The molecule has 0 aliphatic rings. The van der Waals surface area contributed by atoms with Crippen LogP contribution in [0.2, 0.25) is 0 Å². The van der Waals surface area contributed by atoms with Gasteiger partial charge in [0.05, 0.1) is 22.7 Å². The number of thiophene rings is 1. The zero-order valence-electron chi connectivity index (χ0n) is 16.5. The van der Waals surface area contributed by atoms with Gasteiger partial charge in [0.25, 0.3) is 5.56 Å². The summed E-state index contributed by atoms with van der Waals surface area (Å²) in [7, 11) is 0. The SMILES string of the molecule is N#Cc1c(C(F)(F)F)cc(-c2ccc(-c3ccncc3)s2)n(Cc2ccc(F)cc2F)c1=O. The van der Waals surface area contributed by atoms with Crippen LogP contribution in [0.25, 0.3) is 21.0 Å². The van der Waals surface area contributed by atoms with E-state index in [0.29, 0.717) is 21.9 Å². The minimum atomic E-state index is -4.95. The van der Waals surface area contributed by atoms with E-state index in [1.165, 1.54) is 6.07 Å². The minimum Gasteiger partial charge on any atom is -0.302 e. The van der Waals surface area contributed by atoms with Crippen molar-refractivity contribution >= 4 is 11.3 Å². The number of alkyl halides is 3. The number of hydrogen-bond acceptors (Lipinski definition) is 4. The molecular weight excluding hydrogens is 461 g/mol. The van der Waals surface area contributed by atoms with Gasteiger partial charge in [-0.1, -0.05) is 6.07 Å². The maximum absolute atomic E-state index is 14.3. The second-order valence-electron chi connectivity index (χ2n) is 6.95. The van der Waals surface area contributed by atoms with Crippen molar-refractivity contribution in [2.45, 2.75) is 12.7 Å². The summed E-state index contributed by atoms with van der Waals surface area (Å²) in [4.78, 5) is 17.9. The van der Waals surface area contributed by atoms with Crippen LogP contribution in [0.1, 0.15) is 16.7 Å². The molecule has 0 aliphatic carbocycles. The zero-order chi connectivity index (χ0) is 23.8. The van der Waals surface area contributed by atoms with Crippen molar-refractivity contribution in [3.05, 3.63) is 99.6 Å². The van der Waals surface area contributed by atoms with Gasteiger partial charge in [0, 0.05) is 28.9 Å². The fourth-order valence-corrected chi connectivity index (χ4v) is 4.34. The van der Waals surface area contributed by atoms with Crippen LogP contribution in [0.5, 0.6) is 0 Å². The number of rotatable bonds is 4. The predicted octanol–water partition coefficient (Wildman–Crippen LogP) is 5.86. The second-order valence-corrected chi connectivity index (χ2v) is 8.04. The first-order chi connectivity index (χ1) is 15.7. The predicted molar refractivity (Wildman–Crippen MR) is 112 cm³/mol. The molecule has 3 aromatic heterocycles. The molecule has 0 N–H and O–H groups in total. The van der Waals surface area contributed by atoms with Gasteiger partial charge in [-0.05, 0) is 42.0 Å². The van der Waals surface area contributed by atoms with Crippen molar-refractivity contribution in [3.8, 4) is 27.1 Å². The molecule has 0 saturated heterocycles. The Balaban J connectivity index is 1.94. The monoisotopic (exact) mass is 473 g/mol. The summed E-state index contributed by atoms with van der Waals surface area (Å²) in [5, 5.41) is 9.27. The average molecular weight is 473 g/mol. The third kappa shape index (κ3) is 4.40. The van der Waals surface area contributed by atoms with E-state index in [2.05, 4.69) is 4.98 Å². The van der Waals surface area contributed by atoms with E-state index in [1.807, 2.05) is 0 Å². The van der Waals surface area contributed by atoms with Crippen molar-refractivity contribution in [1.82, 2.24) is 9.55 Å². The molecule has 0 bridgehead atoms. The number of pyridine rings is 2. The van der Waals surface area contributed by atoms with Crippen LogP contribution in [0.4, 0.5) is 22.0 Å². The molecule has 3 heterocycles. The van der Waals surface area contributed by atoms with Crippen LogP contribution in [0.3, 0.4) is 0 Å². The Morgan fingerprint density at radius 1 is 1.00 bits per heavy atom. The Morgan fingerprint density at radius 3 is 2.33 bits per heavy atom. The Hall–Kier alpha value is -3.84. The number of benzene rings is 1. The van der Waals surface area contributed by atoms with E-state index in [0.717, 1.165) is 33.6 Å². The molecule has 10 heteroatoms. The van der Waals surface area contributed by atoms with Gasteiger partial charge in [-0.25, -0.2) is 8.78 Å². The fourth-order valence-electron chi connectivity index (χ4n) is 3.31. The average Bonchev–Trinajstić information content (AvgIpc) is 3.26. The molecule has 33 heavy (non-hydrogen) atoms. The number of aromatic nitrogens is 2. The number of nitrogens with zero attached hydrogens (tertiary/aromatic N) is 3. The maximum Gasteiger partial charge on any atom is 0.417 e. The molecule has 0 spiro atoms. The van der Waals surface area contributed by atoms with Gasteiger partial charge in [0.2, 0.25) is 0 Å². The summed E-state index contributed by atoms with van der Waals surface area (Å²) in [6, 6.07) is 11.4. The molecule has 0 fully saturated rings. The molecule has 0 amide bonds. The summed E-state index contributed by atoms with van der Waals surface area (Å²) < 4.78 is 69.4. The lowest BCUT2D eigenvalue weighted by atomic mass is 10.1. The van der Waals surface area contributed by atoms with E-state index in [4.69, 9.17) is 0 Å². The minimum absolute atomic E-state index is 0.116. The van der Waals surface area contributed by atoms with Crippen molar-refractivity contribution in [2.75, 3.05) is 0 Å². The van der Waals surface area contributed by atoms with E-state index in [1.54, 1.807) is 36.7 Å². The van der Waals surface area contributed by atoms with Crippen molar-refractivity contribution < 1.29 is 22.0 Å². The van der Waals surface area contributed by atoms with E-state index >= 15 is 0 Å². The molecule has 0 atom stereocenters. The quantitative estimate of drug-likeness (QED) is 0.349. The fraction of sp³-hybridized carbons (Fsp3) is 0.0870. The van der Waals surface area contributed by atoms with Crippen LogP contribution in [-0.4, -0.2) is 9.55 Å². The molecule has 1 aromatic carbocycles. The Kier molecular flexibility index (Phi) is 5.82. The van der Waals surface area contributed by atoms with E-state index in [-0.39, 0.29) is 11.3 Å². The standard InChI is InChI=1S/C23H12F5N3OS/c24-15-2-1-14(18(25)9-15)12-31-19(10-17(23(26,27)28)16(11-29)22(31)32)21-4-3-20(33-21)13-5-7-30-8-6-13/h1-10H,12H2. The molecule has 4 nitrogen and oxygen atoms in total. The molecule has 0 unspecified atom stereocenters. The van der Waals surface area contributed by atoms with Crippen LogP contribution in [-0.2, 0) is 12.7 Å². The van der Waals surface area contributed by atoms with E-state index < -0.39 is 41.0 Å². The van der Waals surface area contributed by atoms with Gasteiger partial charge >= 0.3 is 6.18 Å². The summed E-state index contributed by atoms with van der Waals surface area (Å²) in [5.41, 5.74) is -3.18. The van der Waals surface area contributed by atoms with Gasteiger partial charge in [0.15, 0.2) is 0 Å². The largest absolute Gasteiger partial charge is 0.417 e. The van der Waals surface area contributed by atoms with Crippen LogP contribution in [0, 0.1) is 23.0 Å². The van der Waals surface area contributed by atoms with Crippen LogP contribution in [0.15, 0.2) is 65.7 Å². The van der Waals surface area contributed by atoms with E-state index in [9.17, 15) is 32.0 Å². The first-order valence-corrected chi connectivity index (χ1v) is 10.2. The van der Waals surface area contributed by atoms with Crippen molar-refractivity contribution in [3.63, 3.8) is 0 Å². The summed E-state index contributed by atoms with van der Waals surface area (Å²) >= 11 is 1.12. The Morgan fingerprint density at radius 2 is 1.70 bits per heavy atom. The van der Waals surface area contributed by atoms with Gasteiger partial charge < -0.3 is 4.57 Å². The van der Waals surface area contributed by atoms with Crippen LogP contribution >= 0.6 is 11.3 Å². The highest BCUT2D eigenvalue weighted by molar-refractivity contribution is 7.18. The molecular formula is C23H12F5N3OS. The number of nitriles is 1. The lowest BCUT2D eigenvalue weighted by Gasteiger charge is -2.17. The number of halogens is 5. The summed E-state index contributed by atoms with van der Waals surface area (Å²) in [6.07, 6.45) is -1.83. The first-order valence-electron chi connectivity index (χ1n) is 9.38. The van der Waals surface area contributed by atoms with Crippen molar-refractivity contribution in [2.24, 2.45) is 0 Å². The highest BCUT2D eigenvalue weighted by Gasteiger charge is 2.36. The van der Waals surface area contributed by atoms with Gasteiger partial charge in [0.1, 0.15) is 23.3 Å². The van der Waals surface area contributed by atoms with Gasteiger partial charge in [-0.15, -0.1) is 11.3 Å².